The van der Waals surface area contributed by atoms with E-state index in [9.17, 15) is 9.18 Å². The lowest BCUT2D eigenvalue weighted by molar-refractivity contribution is -0.125. The summed E-state index contributed by atoms with van der Waals surface area (Å²) in [6.07, 6.45) is 3.82. The van der Waals surface area contributed by atoms with Gasteiger partial charge in [-0.1, -0.05) is 60.3 Å². The van der Waals surface area contributed by atoms with Gasteiger partial charge in [0.05, 0.1) is 11.5 Å². The first-order valence-corrected chi connectivity index (χ1v) is 9.05. The SMILES string of the molecule is C=CCN1C(=O)C(Cc2ccc(F)cc2)S/C1=N/N=C/c1ccccc1. The molecule has 2 aromatic carbocycles. The second kappa shape index (κ2) is 8.58. The van der Waals surface area contributed by atoms with E-state index in [4.69, 9.17) is 0 Å². The van der Waals surface area contributed by atoms with E-state index in [0.717, 1.165) is 11.1 Å². The molecule has 132 valence electrons. The van der Waals surface area contributed by atoms with Crippen LogP contribution in [0.2, 0.25) is 0 Å². The predicted molar refractivity (Wildman–Crippen MR) is 105 cm³/mol. The van der Waals surface area contributed by atoms with Crippen molar-refractivity contribution in [1.82, 2.24) is 4.90 Å². The summed E-state index contributed by atoms with van der Waals surface area (Å²) in [6.45, 7) is 4.08. The van der Waals surface area contributed by atoms with Gasteiger partial charge in [-0.15, -0.1) is 11.7 Å². The maximum Gasteiger partial charge on any atom is 0.242 e. The molecule has 0 saturated carbocycles. The average molecular weight is 367 g/mol. The van der Waals surface area contributed by atoms with Crippen molar-refractivity contribution < 1.29 is 9.18 Å². The molecule has 6 heteroatoms. The number of benzene rings is 2. The van der Waals surface area contributed by atoms with Gasteiger partial charge in [-0.25, -0.2) is 4.39 Å². The fourth-order valence-electron chi connectivity index (χ4n) is 2.53. The second-order valence-electron chi connectivity index (χ2n) is 5.71. The monoisotopic (exact) mass is 367 g/mol. The predicted octanol–water partition coefficient (Wildman–Crippen LogP) is 3.89. The summed E-state index contributed by atoms with van der Waals surface area (Å²) in [5.74, 6) is -0.321. The van der Waals surface area contributed by atoms with Gasteiger partial charge >= 0.3 is 0 Å². The first-order chi connectivity index (χ1) is 12.7. The molecule has 1 atom stereocenters. The summed E-state index contributed by atoms with van der Waals surface area (Å²) < 4.78 is 13.1. The van der Waals surface area contributed by atoms with E-state index in [1.54, 1.807) is 29.3 Å². The van der Waals surface area contributed by atoms with Gasteiger partial charge in [0.25, 0.3) is 0 Å². The Bertz CT molecular complexity index is 834. The molecule has 0 bridgehead atoms. The van der Waals surface area contributed by atoms with Gasteiger partial charge in [-0.05, 0) is 29.7 Å². The van der Waals surface area contributed by atoms with Crippen molar-refractivity contribution >= 4 is 29.1 Å². The Hall–Kier alpha value is -2.73. The van der Waals surface area contributed by atoms with E-state index in [-0.39, 0.29) is 17.0 Å². The largest absolute Gasteiger partial charge is 0.285 e. The summed E-state index contributed by atoms with van der Waals surface area (Å²) in [5, 5.41) is 8.58. The number of rotatable bonds is 6. The molecule has 1 fully saturated rings. The van der Waals surface area contributed by atoms with Crippen LogP contribution in [0.1, 0.15) is 11.1 Å². The molecule has 1 heterocycles. The van der Waals surface area contributed by atoms with Crippen molar-refractivity contribution in [3.05, 3.63) is 84.2 Å². The number of nitrogens with zero attached hydrogens (tertiary/aromatic N) is 3. The van der Waals surface area contributed by atoms with E-state index in [1.165, 1.54) is 23.9 Å². The van der Waals surface area contributed by atoms with Crippen molar-refractivity contribution in [3.63, 3.8) is 0 Å². The van der Waals surface area contributed by atoms with E-state index >= 15 is 0 Å². The van der Waals surface area contributed by atoms with Crippen LogP contribution in [0.4, 0.5) is 4.39 Å². The Balaban J connectivity index is 1.75. The molecular weight excluding hydrogens is 349 g/mol. The number of hydrogen-bond donors (Lipinski definition) is 0. The van der Waals surface area contributed by atoms with Gasteiger partial charge in [0.15, 0.2) is 5.17 Å². The molecule has 3 rings (SSSR count). The van der Waals surface area contributed by atoms with Crippen molar-refractivity contribution in [2.45, 2.75) is 11.7 Å². The third kappa shape index (κ3) is 4.46. The Kier molecular flexibility index (Phi) is 5.96. The van der Waals surface area contributed by atoms with E-state index in [2.05, 4.69) is 16.8 Å². The molecule has 2 aromatic rings. The van der Waals surface area contributed by atoms with Crippen LogP contribution in [0.15, 0.2) is 77.5 Å². The van der Waals surface area contributed by atoms with Crippen molar-refractivity contribution in [2.24, 2.45) is 10.2 Å². The van der Waals surface area contributed by atoms with Gasteiger partial charge < -0.3 is 0 Å². The van der Waals surface area contributed by atoms with Gasteiger partial charge in [-0.3, -0.25) is 9.69 Å². The molecule has 0 spiro atoms. The number of amidine groups is 1. The molecule has 1 aliphatic rings. The molecule has 0 N–H and O–H groups in total. The molecule has 0 aromatic heterocycles. The first kappa shape index (κ1) is 18.1. The summed E-state index contributed by atoms with van der Waals surface area (Å²) in [4.78, 5) is 14.2. The zero-order valence-corrected chi connectivity index (χ0v) is 14.9. The standard InChI is InChI=1S/C20H18FN3OS/c1-2-12-24-19(25)18(13-15-8-10-17(21)11-9-15)26-20(24)23-22-14-16-6-4-3-5-7-16/h2-11,14,18H,1,12-13H2/b22-14+,23-20+. The summed E-state index contributed by atoms with van der Waals surface area (Å²) in [6, 6.07) is 15.8. The summed E-state index contributed by atoms with van der Waals surface area (Å²) in [5.41, 5.74) is 1.84. The molecule has 0 aliphatic carbocycles. The molecule has 1 saturated heterocycles. The van der Waals surface area contributed by atoms with Crippen LogP contribution >= 0.6 is 11.8 Å². The Morgan fingerprint density at radius 3 is 2.58 bits per heavy atom. The fraction of sp³-hybridized carbons (Fsp3) is 0.150. The third-order valence-electron chi connectivity index (χ3n) is 3.82. The molecule has 0 radical (unpaired) electrons. The van der Waals surface area contributed by atoms with Crippen LogP contribution in [0.25, 0.3) is 0 Å². The van der Waals surface area contributed by atoms with Gasteiger partial charge in [-0.2, -0.15) is 5.10 Å². The van der Waals surface area contributed by atoms with Crippen LogP contribution in [0.3, 0.4) is 0 Å². The van der Waals surface area contributed by atoms with E-state index in [1.807, 2.05) is 30.3 Å². The normalized spacial score (nSPS) is 18.8. The number of hydrogen-bond acceptors (Lipinski definition) is 4. The van der Waals surface area contributed by atoms with Crippen LogP contribution in [0, 0.1) is 5.82 Å². The lowest BCUT2D eigenvalue weighted by Gasteiger charge is -2.12. The molecule has 1 amide bonds. The Labute approximate surface area is 156 Å². The van der Waals surface area contributed by atoms with E-state index < -0.39 is 0 Å². The van der Waals surface area contributed by atoms with Gasteiger partial charge in [0.2, 0.25) is 5.91 Å². The minimum absolute atomic E-state index is 0.0344. The Morgan fingerprint density at radius 2 is 1.88 bits per heavy atom. The van der Waals surface area contributed by atoms with E-state index in [0.29, 0.717) is 18.1 Å². The number of halogens is 1. The molecule has 1 aliphatic heterocycles. The zero-order chi connectivity index (χ0) is 18.4. The summed E-state index contributed by atoms with van der Waals surface area (Å²) in [7, 11) is 0. The van der Waals surface area contributed by atoms with Crippen LogP contribution in [-0.4, -0.2) is 34.0 Å². The number of carbonyl (C=O) groups is 1. The lowest BCUT2D eigenvalue weighted by Crippen LogP contribution is -2.32. The second-order valence-corrected chi connectivity index (χ2v) is 6.88. The first-order valence-electron chi connectivity index (χ1n) is 8.17. The third-order valence-corrected chi connectivity index (χ3v) is 4.98. The van der Waals surface area contributed by atoms with Crippen LogP contribution in [0.5, 0.6) is 0 Å². The highest BCUT2D eigenvalue weighted by Crippen LogP contribution is 2.30. The smallest absolute Gasteiger partial charge is 0.242 e. The van der Waals surface area contributed by atoms with Crippen molar-refractivity contribution in [2.75, 3.05) is 6.54 Å². The maximum absolute atomic E-state index is 13.1. The minimum atomic E-state index is -0.300. The highest BCUT2D eigenvalue weighted by Gasteiger charge is 2.37. The molecule has 1 unspecified atom stereocenters. The highest BCUT2D eigenvalue weighted by molar-refractivity contribution is 8.15. The fourth-order valence-corrected chi connectivity index (χ4v) is 3.68. The van der Waals surface area contributed by atoms with Crippen molar-refractivity contribution in [3.8, 4) is 0 Å². The number of carbonyl (C=O) groups excluding carboxylic acids is 1. The number of amides is 1. The van der Waals surface area contributed by atoms with Crippen LogP contribution < -0.4 is 0 Å². The summed E-state index contributed by atoms with van der Waals surface area (Å²) >= 11 is 1.37. The minimum Gasteiger partial charge on any atom is -0.285 e. The lowest BCUT2D eigenvalue weighted by atomic mass is 10.1. The average Bonchev–Trinajstić information content (AvgIpc) is 2.94. The number of thioether (sulfide) groups is 1. The quantitative estimate of drug-likeness (QED) is 0.442. The highest BCUT2D eigenvalue weighted by atomic mass is 32.2. The van der Waals surface area contributed by atoms with Crippen molar-refractivity contribution in [1.29, 1.82) is 0 Å². The molecule has 4 nitrogen and oxygen atoms in total. The topological polar surface area (TPSA) is 45.0 Å². The molecule has 26 heavy (non-hydrogen) atoms. The van der Waals surface area contributed by atoms with Crippen LogP contribution in [-0.2, 0) is 11.2 Å². The Morgan fingerprint density at radius 1 is 1.15 bits per heavy atom. The van der Waals surface area contributed by atoms with Gasteiger partial charge in [0, 0.05) is 6.54 Å². The van der Waals surface area contributed by atoms with Gasteiger partial charge in [0.1, 0.15) is 5.82 Å². The zero-order valence-electron chi connectivity index (χ0n) is 14.1. The molecular formula is C20H18FN3OS. The maximum atomic E-state index is 13.1.